The molecule has 0 aliphatic rings. The van der Waals surface area contributed by atoms with E-state index in [0.29, 0.717) is 16.3 Å². The minimum absolute atomic E-state index is 0.0657. The molecule has 0 radical (unpaired) electrons. The Morgan fingerprint density at radius 1 is 1.12 bits per heavy atom. The predicted molar refractivity (Wildman–Crippen MR) is 128 cm³/mol. The number of methoxy groups -OCH3 is 1. The molecular formula is C23H26ClN3O5S. The van der Waals surface area contributed by atoms with E-state index in [9.17, 15) is 13.2 Å². The van der Waals surface area contributed by atoms with E-state index in [1.54, 1.807) is 36.4 Å². The van der Waals surface area contributed by atoms with E-state index in [2.05, 4.69) is 5.32 Å². The van der Waals surface area contributed by atoms with E-state index in [4.69, 9.17) is 20.8 Å². The first-order valence-corrected chi connectivity index (χ1v) is 11.9. The van der Waals surface area contributed by atoms with Gasteiger partial charge in [0.1, 0.15) is 0 Å². The van der Waals surface area contributed by atoms with Gasteiger partial charge < -0.3 is 19.4 Å². The van der Waals surface area contributed by atoms with Crippen molar-refractivity contribution in [2.45, 2.75) is 11.4 Å². The summed E-state index contributed by atoms with van der Waals surface area (Å²) in [6, 6.07) is 14.7. The largest absolute Gasteiger partial charge is 0.459 e. The number of halogens is 1. The molecule has 0 bridgehead atoms. The monoisotopic (exact) mass is 491 g/mol. The van der Waals surface area contributed by atoms with E-state index in [1.165, 1.54) is 29.8 Å². The number of hydrogen-bond acceptors (Lipinski definition) is 6. The molecule has 3 aromatic rings. The van der Waals surface area contributed by atoms with Crippen LogP contribution in [0.15, 0.2) is 70.2 Å². The van der Waals surface area contributed by atoms with Gasteiger partial charge in [-0.15, -0.1) is 0 Å². The number of carbonyl (C=O) groups excluding carboxylic acids is 1. The number of ether oxygens (including phenoxy) is 1. The predicted octanol–water partition coefficient (Wildman–Crippen LogP) is 4.09. The van der Waals surface area contributed by atoms with Crippen LogP contribution in [-0.4, -0.2) is 53.0 Å². The van der Waals surface area contributed by atoms with Crippen molar-refractivity contribution in [2.24, 2.45) is 0 Å². The molecule has 0 saturated carbocycles. The molecule has 176 valence electrons. The van der Waals surface area contributed by atoms with Crippen LogP contribution in [0.4, 0.5) is 11.4 Å². The van der Waals surface area contributed by atoms with E-state index in [-0.39, 0.29) is 30.4 Å². The van der Waals surface area contributed by atoms with E-state index >= 15 is 0 Å². The fraction of sp³-hybridized carbons (Fsp3) is 0.261. The second-order valence-electron chi connectivity index (χ2n) is 7.46. The van der Waals surface area contributed by atoms with E-state index in [1.807, 2.05) is 25.1 Å². The average molecular weight is 492 g/mol. The Morgan fingerprint density at radius 2 is 1.91 bits per heavy atom. The average Bonchev–Trinajstić information content (AvgIpc) is 3.31. The van der Waals surface area contributed by atoms with Crippen LogP contribution in [0.1, 0.15) is 16.1 Å². The zero-order valence-corrected chi connectivity index (χ0v) is 20.2. The highest BCUT2D eigenvalue weighted by Gasteiger charge is 2.26. The highest BCUT2D eigenvalue weighted by molar-refractivity contribution is 7.89. The number of furan rings is 1. The van der Waals surface area contributed by atoms with Crippen molar-refractivity contribution in [3.8, 4) is 0 Å². The van der Waals surface area contributed by atoms with Crippen LogP contribution in [0.3, 0.4) is 0 Å². The fourth-order valence-corrected chi connectivity index (χ4v) is 4.97. The van der Waals surface area contributed by atoms with Gasteiger partial charge >= 0.3 is 0 Å². The highest BCUT2D eigenvalue weighted by Crippen LogP contribution is 2.28. The van der Waals surface area contributed by atoms with Crippen LogP contribution >= 0.6 is 11.6 Å². The van der Waals surface area contributed by atoms with Crippen molar-refractivity contribution in [1.82, 2.24) is 4.31 Å². The lowest BCUT2D eigenvalue weighted by atomic mass is 10.1. The van der Waals surface area contributed by atoms with E-state index in [0.717, 1.165) is 5.69 Å². The molecule has 3 rings (SSSR count). The Balaban J connectivity index is 1.95. The Labute approximate surface area is 198 Å². The van der Waals surface area contributed by atoms with Crippen molar-refractivity contribution < 1.29 is 22.4 Å². The van der Waals surface area contributed by atoms with Gasteiger partial charge in [-0.25, -0.2) is 8.42 Å². The van der Waals surface area contributed by atoms with Gasteiger partial charge in [0, 0.05) is 50.7 Å². The molecule has 8 nitrogen and oxygen atoms in total. The molecule has 1 aromatic heterocycles. The maximum atomic E-state index is 13.4. The number of hydrogen-bond donors (Lipinski definition) is 1. The maximum Gasteiger partial charge on any atom is 0.291 e. The maximum absolute atomic E-state index is 13.4. The standard InChI is InChI=1S/C23H26ClN3O5S/c1-26(2)21-10-9-19(25-23(28)22-8-5-12-32-22)14-17(21)16-27(11-13-31-3)33(29,30)20-7-4-6-18(24)15-20/h4-10,12,14-15H,11,13,16H2,1-3H3,(H,25,28). The number of anilines is 2. The normalized spacial score (nSPS) is 11.5. The van der Waals surface area contributed by atoms with Crippen LogP contribution in [0, 0.1) is 0 Å². The molecule has 0 saturated heterocycles. The number of amides is 1. The minimum Gasteiger partial charge on any atom is -0.459 e. The summed E-state index contributed by atoms with van der Waals surface area (Å²) < 4.78 is 38.4. The summed E-state index contributed by atoms with van der Waals surface area (Å²) >= 11 is 6.04. The molecular weight excluding hydrogens is 466 g/mol. The van der Waals surface area contributed by atoms with Gasteiger partial charge in [0.2, 0.25) is 10.0 Å². The molecule has 0 fully saturated rings. The number of sulfonamides is 1. The zero-order chi connectivity index (χ0) is 24.0. The van der Waals surface area contributed by atoms with Gasteiger partial charge in [0.25, 0.3) is 5.91 Å². The molecule has 0 unspecified atom stereocenters. The van der Waals surface area contributed by atoms with Crippen molar-refractivity contribution in [3.05, 3.63) is 77.2 Å². The first kappa shape index (κ1) is 24.8. The third kappa shape index (κ3) is 6.14. The first-order valence-electron chi connectivity index (χ1n) is 10.1. The van der Waals surface area contributed by atoms with Gasteiger partial charge in [0.05, 0.1) is 17.8 Å². The lowest BCUT2D eigenvalue weighted by molar-refractivity contribution is 0.0996. The quantitative estimate of drug-likeness (QED) is 0.459. The van der Waals surface area contributed by atoms with Crippen LogP contribution in [0.2, 0.25) is 5.02 Å². The molecule has 2 aromatic carbocycles. The Hall–Kier alpha value is -2.85. The third-order valence-electron chi connectivity index (χ3n) is 4.89. The minimum atomic E-state index is -3.86. The lowest BCUT2D eigenvalue weighted by Crippen LogP contribution is -2.34. The van der Waals surface area contributed by atoms with Crippen LogP contribution < -0.4 is 10.2 Å². The number of benzene rings is 2. The topological polar surface area (TPSA) is 92.1 Å². The Bertz CT molecular complexity index is 1200. The number of nitrogens with one attached hydrogen (secondary N) is 1. The number of carbonyl (C=O) groups is 1. The third-order valence-corrected chi connectivity index (χ3v) is 6.97. The SMILES string of the molecule is COCCN(Cc1cc(NC(=O)c2ccco2)ccc1N(C)C)S(=O)(=O)c1cccc(Cl)c1. The fourth-order valence-electron chi connectivity index (χ4n) is 3.27. The molecule has 10 heteroatoms. The van der Waals surface area contributed by atoms with Gasteiger partial charge in [-0.2, -0.15) is 4.31 Å². The Kier molecular flexibility index (Phi) is 8.15. The van der Waals surface area contributed by atoms with Crippen molar-refractivity contribution in [1.29, 1.82) is 0 Å². The van der Waals surface area contributed by atoms with Crippen LogP contribution in [0.25, 0.3) is 0 Å². The van der Waals surface area contributed by atoms with Gasteiger partial charge in [0.15, 0.2) is 5.76 Å². The molecule has 0 aliphatic carbocycles. The Morgan fingerprint density at radius 3 is 2.55 bits per heavy atom. The summed E-state index contributed by atoms with van der Waals surface area (Å²) in [4.78, 5) is 14.4. The molecule has 0 atom stereocenters. The first-order chi connectivity index (χ1) is 15.7. The molecule has 1 N–H and O–H groups in total. The van der Waals surface area contributed by atoms with Gasteiger partial charge in [-0.05, 0) is 54.1 Å². The summed E-state index contributed by atoms with van der Waals surface area (Å²) in [5, 5.41) is 3.12. The van der Waals surface area contributed by atoms with Crippen molar-refractivity contribution in [3.63, 3.8) is 0 Å². The van der Waals surface area contributed by atoms with Gasteiger partial charge in [-0.1, -0.05) is 17.7 Å². The number of nitrogens with zero attached hydrogens (tertiary/aromatic N) is 2. The van der Waals surface area contributed by atoms with E-state index < -0.39 is 15.9 Å². The second-order valence-corrected chi connectivity index (χ2v) is 9.83. The molecule has 1 amide bonds. The zero-order valence-electron chi connectivity index (χ0n) is 18.6. The summed E-state index contributed by atoms with van der Waals surface area (Å²) in [5.74, 6) is -0.218. The molecule has 0 spiro atoms. The summed E-state index contributed by atoms with van der Waals surface area (Å²) in [5.41, 5.74) is 2.04. The van der Waals surface area contributed by atoms with Crippen LogP contribution in [0.5, 0.6) is 0 Å². The number of rotatable bonds is 10. The summed E-state index contributed by atoms with van der Waals surface area (Å²) in [6.45, 7) is 0.420. The highest BCUT2D eigenvalue weighted by atomic mass is 35.5. The van der Waals surface area contributed by atoms with Crippen molar-refractivity contribution in [2.75, 3.05) is 44.6 Å². The summed E-state index contributed by atoms with van der Waals surface area (Å²) in [6.07, 6.45) is 1.42. The molecule has 1 heterocycles. The second kappa shape index (κ2) is 10.8. The van der Waals surface area contributed by atoms with Crippen LogP contribution in [-0.2, 0) is 21.3 Å². The lowest BCUT2D eigenvalue weighted by Gasteiger charge is -2.25. The summed E-state index contributed by atoms with van der Waals surface area (Å²) in [7, 11) is 1.39. The smallest absolute Gasteiger partial charge is 0.291 e. The molecule has 0 aliphatic heterocycles. The van der Waals surface area contributed by atoms with Gasteiger partial charge in [-0.3, -0.25) is 4.79 Å². The van der Waals surface area contributed by atoms with Crippen molar-refractivity contribution >= 4 is 38.9 Å². The molecule has 33 heavy (non-hydrogen) atoms.